The summed E-state index contributed by atoms with van der Waals surface area (Å²) in [5, 5.41) is 0. The lowest BCUT2D eigenvalue weighted by Crippen LogP contribution is -2.14. The third-order valence-corrected chi connectivity index (χ3v) is 6.27. The van der Waals surface area contributed by atoms with Crippen molar-refractivity contribution in [1.82, 2.24) is 9.97 Å². The minimum absolute atomic E-state index is 0.0400. The second kappa shape index (κ2) is 7.29. The molecule has 0 aliphatic carbocycles. The first-order chi connectivity index (χ1) is 14.5. The zero-order chi connectivity index (χ0) is 20.7. The molecule has 0 bridgehead atoms. The largest absolute Gasteiger partial charge is 0.454 e. The number of ether oxygens (including phenoxy) is 1. The van der Waals surface area contributed by atoms with Crippen LogP contribution in [0.3, 0.4) is 0 Å². The molecule has 4 aromatic rings. The molecule has 4 heteroatoms. The highest BCUT2D eigenvalue weighted by Crippen LogP contribution is 2.51. The topological polar surface area (TPSA) is 35.0 Å². The monoisotopic (exact) mass is 410 g/mol. The second-order valence-corrected chi connectivity index (χ2v) is 9.45. The molecule has 0 saturated heterocycles. The predicted molar refractivity (Wildman–Crippen MR) is 122 cm³/mol. The summed E-state index contributed by atoms with van der Waals surface area (Å²) >= 11 is 1.75. The first kappa shape index (κ1) is 18.9. The molecule has 0 atom stereocenters. The van der Waals surface area contributed by atoms with Gasteiger partial charge in [0.2, 0.25) is 0 Å². The fourth-order valence-corrected chi connectivity index (χ4v) is 4.57. The molecule has 0 spiro atoms. The van der Waals surface area contributed by atoms with E-state index in [1.807, 2.05) is 42.7 Å². The van der Waals surface area contributed by atoms with Crippen LogP contribution in [0.25, 0.3) is 22.4 Å². The standard InChI is InChI=1S/C26H22N2OS/c1-26(2,3)23-12-11-18(24(28-23)17-13-15-27-16-14-17)19-7-6-10-22-25(19)29-20-8-4-5-9-21(20)30-22/h4-16H,1-3H3. The summed E-state index contributed by atoms with van der Waals surface area (Å²) in [5.41, 5.74) is 5.13. The molecule has 148 valence electrons. The van der Waals surface area contributed by atoms with Crippen molar-refractivity contribution in [2.24, 2.45) is 0 Å². The van der Waals surface area contributed by atoms with E-state index >= 15 is 0 Å². The molecule has 0 amide bonds. The van der Waals surface area contributed by atoms with Crippen LogP contribution in [0.4, 0.5) is 0 Å². The highest BCUT2D eigenvalue weighted by Gasteiger charge is 2.24. The van der Waals surface area contributed by atoms with Crippen molar-refractivity contribution in [3.05, 3.63) is 84.8 Å². The fraction of sp³-hybridized carbons (Fsp3) is 0.154. The van der Waals surface area contributed by atoms with Crippen LogP contribution in [-0.4, -0.2) is 9.97 Å². The summed E-state index contributed by atoms with van der Waals surface area (Å²) in [5.74, 6) is 1.79. The van der Waals surface area contributed by atoms with E-state index in [0.717, 1.165) is 49.4 Å². The van der Waals surface area contributed by atoms with Crippen molar-refractivity contribution < 1.29 is 4.74 Å². The molecule has 30 heavy (non-hydrogen) atoms. The van der Waals surface area contributed by atoms with Crippen LogP contribution in [0.5, 0.6) is 11.5 Å². The summed E-state index contributed by atoms with van der Waals surface area (Å²) in [6.07, 6.45) is 3.63. The predicted octanol–water partition coefficient (Wildman–Crippen LogP) is 7.37. The average molecular weight is 411 g/mol. The van der Waals surface area contributed by atoms with Crippen molar-refractivity contribution >= 4 is 11.8 Å². The normalized spacial score (nSPS) is 12.6. The highest BCUT2D eigenvalue weighted by molar-refractivity contribution is 7.99. The van der Waals surface area contributed by atoms with Gasteiger partial charge in [-0.1, -0.05) is 62.9 Å². The van der Waals surface area contributed by atoms with Crippen molar-refractivity contribution in [2.75, 3.05) is 0 Å². The van der Waals surface area contributed by atoms with E-state index in [2.05, 4.69) is 62.2 Å². The highest BCUT2D eigenvalue weighted by atomic mass is 32.2. The van der Waals surface area contributed by atoms with Gasteiger partial charge >= 0.3 is 0 Å². The van der Waals surface area contributed by atoms with Gasteiger partial charge in [-0.25, -0.2) is 0 Å². The third kappa shape index (κ3) is 3.37. The molecule has 3 nitrogen and oxygen atoms in total. The van der Waals surface area contributed by atoms with Crippen molar-refractivity contribution in [1.29, 1.82) is 0 Å². The van der Waals surface area contributed by atoms with E-state index < -0.39 is 0 Å². The number of hydrogen-bond donors (Lipinski definition) is 0. The van der Waals surface area contributed by atoms with Crippen LogP contribution in [0.15, 0.2) is 88.9 Å². The maximum Gasteiger partial charge on any atom is 0.149 e. The summed E-state index contributed by atoms with van der Waals surface area (Å²) in [6, 6.07) is 22.8. The zero-order valence-corrected chi connectivity index (χ0v) is 18.0. The Kier molecular flexibility index (Phi) is 4.59. The molecular weight excluding hydrogens is 388 g/mol. The maximum atomic E-state index is 6.39. The quantitative estimate of drug-likeness (QED) is 0.304. The van der Waals surface area contributed by atoms with Gasteiger partial charge < -0.3 is 4.74 Å². The van der Waals surface area contributed by atoms with Crippen LogP contribution in [0.2, 0.25) is 0 Å². The van der Waals surface area contributed by atoms with E-state index in [1.54, 1.807) is 11.8 Å². The molecule has 0 fully saturated rings. The number of hydrogen-bond acceptors (Lipinski definition) is 4. The fourth-order valence-electron chi connectivity index (χ4n) is 3.58. The Labute approximate surface area is 181 Å². The Balaban J connectivity index is 1.71. The molecule has 2 aromatic carbocycles. The number of rotatable bonds is 2. The molecule has 0 saturated carbocycles. The Morgan fingerprint density at radius 1 is 0.767 bits per heavy atom. The minimum Gasteiger partial charge on any atom is -0.454 e. The van der Waals surface area contributed by atoms with Gasteiger partial charge in [0.25, 0.3) is 0 Å². The van der Waals surface area contributed by atoms with Gasteiger partial charge in [0.15, 0.2) is 0 Å². The Bertz CT molecular complexity index is 1230. The summed E-state index contributed by atoms with van der Waals surface area (Å²) < 4.78 is 6.39. The molecule has 1 aliphatic heterocycles. The van der Waals surface area contributed by atoms with Crippen molar-refractivity contribution in [3.63, 3.8) is 0 Å². The zero-order valence-electron chi connectivity index (χ0n) is 17.2. The molecule has 0 radical (unpaired) electrons. The number of aromatic nitrogens is 2. The van der Waals surface area contributed by atoms with E-state index in [1.165, 1.54) is 0 Å². The van der Waals surface area contributed by atoms with Gasteiger partial charge in [0.05, 0.1) is 15.5 Å². The SMILES string of the molecule is CC(C)(C)c1ccc(-c2cccc3c2Oc2ccccc2S3)c(-c2ccncc2)n1. The molecule has 0 unspecified atom stereocenters. The maximum absolute atomic E-state index is 6.39. The van der Waals surface area contributed by atoms with Gasteiger partial charge in [0, 0.05) is 40.2 Å². The van der Waals surface area contributed by atoms with Crippen LogP contribution in [-0.2, 0) is 5.41 Å². The van der Waals surface area contributed by atoms with Crippen molar-refractivity contribution in [2.45, 2.75) is 36.0 Å². The number of para-hydroxylation sites is 2. The number of pyridine rings is 2. The molecule has 3 heterocycles. The van der Waals surface area contributed by atoms with Gasteiger partial charge in [0.1, 0.15) is 11.5 Å². The third-order valence-electron chi connectivity index (χ3n) is 5.17. The first-order valence-corrected chi connectivity index (χ1v) is 10.8. The van der Waals surface area contributed by atoms with Crippen molar-refractivity contribution in [3.8, 4) is 33.9 Å². The lowest BCUT2D eigenvalue weighted by atomic mass is 9.89. The van der Waals surface area contributed by atoms with Gasteiger partial charge in [-0.2, -0.15) is 0 Å². The van der Waals surface area contributed by atoms with E-state index in [-0.39, 0.29) is 5.41 Å². The summed E-state index contributed by atoms with van der Waals surface area (Å²) in [4.78, 5) is 11.5. The van der Waals surface area contributed by atoms with E-state index in [9.17, 15) is 0 Å². The number of benzene rings is 2. The molecule has 0 N–H and O–H groups in total. The lowest BCUT2D eigenvalue weighted by molar-refractivity contribution is 0.456. The molecular formula is C26H22N2OS. The Hall–Kier alpha value is -3.11. The lowest BCUT2D eigenvalue weighted by Gasteiger charge is -2.24. The molecule has 2 aromatic heterocycles. The number of nitrogens with zero attached hydrogens (tertiary/aromatic N) is 2. The van der Waals surface area contributed by atoms with Crippen LogP contribution >= 0.6 is 11.8 Å². The molecule has 1 aliphatic rings. The van der Waals surface area contributed by atoms with Gasteiger partial charge in [-0.05, 0) is 36.4 Å². The van der Waals surface area contributed by atoms with Gasteiger partial charge in [-0.15, -0.1) is 0 Å². The number of fused-ring (bicyclic) bond motifs is 2. The Morgan fingerprint density at radius 2 is 1.53 bits per heavy atom. The van der Waals surface area contributed by atoms with Gasteiger partial charge in [-0.3, -0.25) is 9.97 Å². The van der Waals surface area contributed by atoms with Crippen LogP contribution in [0, 0.1) is 0 Å². The van der Waals surface area contributed by atoms with Crippen LogP contribution < -0.4 is 4.74 Å². The Morgan fingerprint density at radius 3 is 2.33 bits per heavy atom. The second-order valence-electron chi connectivity index (χ2n) is 8.36. The summed E-state index contributed by atoms with van der Waals surface area (Å²) in [6.45, 7) is 6.56. The van der Waals surface area contributed by atoms with E-state index in [0.29, 0.717) is 0 Å². The van der Waals surface area contributed by atoms with E-state index in [4.69, 9.17) is 9.72 Å². The smallest absolute Gasteiger partial charge is 0.149 e. The average Bonchev–Trinajstić information content (AvgIpc) is 2.77. The summed E-state index contributed by atoms with van der Waals surface area (Å²) in [7, 11) is 0. The van der Waals surface area contributed by atoms with Crippen LogP contribution in [0.1, 0.15) is 26.5 Å². The minimum atomic E-state index is -0.0400. The molecule has 5 rings (SSSR count). The first-order valence-electron chi connectivity index (χ1n) is 10.0.